The fourth-order valence-electron chi connectivity index (χ4n) is 2.38. The second-order valence-electron chi connectivity index (χ2n) is 5.70. The first-order chi connectivity index (χ1) is 12.2. The van der Waals surface area contributed by atoms with Crippen LogP contribution in [-0.4, -0.2) is 22.7 Å². The van der Waals surface area contributed by atoms with Crippen molar-refractivity contribution in [3.8, 4) is 22.8 Å². The van der Waals surface area contributed by atoms with Crippen LogP contribution in [0, 0.1) is 6.92 Å². The number of aryl methyl sites for hydroxylation is 1. The van der Waals surface area contributed by atoms with Crippen LogP contribution in [0.4, 0.5) is 10.5 Å². The van der Waals surface area contributed by atoms with Crippen molar-refractivity contribution in [2.45, 2.75) is 20.3 Å². The van der Waals surface area contributed by atoms with E-state index in [1.165, 1.54) is 0 Å². The SMILES string of the molecule is CCCNC(=O)Nc1ccc(-c2noc(-c3ccccc3C)n2)cc1. The van der Waals surface area contributed by atoms with Crippen molar-refractivity contribution < 1.29 is 9.32 Å². The average molecular weight is 336 g/mol. The molecule has 0 spiro atoms. The van der Waals surface area contributed by atoms with E-state index in [-0.39, 0.29) is 6.03 Å². The Kier molecular flexibility index (Phi) is 5.09. The molecule has 25 heavy (non-hydrogen) atoms. The minimum absolute atomic E-state index is 0.212. The lowest BCUT2D eigenvalue weighted by Crippen LogP contribution is -2.29. The van der Waals surface area contributed by atoms with E-state index < -0.39 is 0 Å². The number of carbonyl (C=O) groups excluding carboxylic acids is 1. The van der Waals surface area contributed by atoms with Crippen LogP contribution < -0.4 is 10.6 Å². The van der Waals surface area contributed by atoms with Crippen LogP contribution in [0.15, 0.2) is 53.1 Å². The van der Waals surface area contributed by atoms with E-state index in [1.807, 2.05) is 62.4 Å². The van der Waals surface area contributed by atoms with Crippen LogP contribution in [0.5, 0.6) is 0 Å². The van der Waals surface area contributed by atoms with Gasteiger partial charge in [0, 0.05) is 23.4 Å². The monoisotopic (exact) mass is 336 g/mol. The molecule has 0 aliphatic carbocycles. The Balaban J connectivity index is 1.73. The molecular weight excluding hydrogens is 316 g/mol. The average Bonchev–Trinajstić information content (AvgIpc) is 3.11. The molecule has 0 aliphatic heterocycles. The largest absolute Gasteiger partial charge is 0.338 e. The highest BCUT2D eigenvalue weighted by Gasteiger charge is 2.12. The molecule has 6 heteroatoms. The Morgan fingerprint density at radius 2 is 1.88 bits per heavy atom. The smallest absolute Gasteiger partial charge is 0.319 e. The summed E-state index contributed by atoms with van der Waals surface area (Å²) in [6.07, 6.45) is 0.896. The standard InChI is InChI=1S/C19H20N4O2/c1-3-12-20-19(24)21-15-10-8-14(9-11-15)17-22-18(25-23-17)16-7-5-4-6-13(16)2/h4-11H,3,12H2,1-2H3,(H2,20,21,24). The van der Waals surface area contributed by atoms with Gasteiger partial charge in [0.2, 0.25) is 5.82 Å². The van der Waals surface area contributed by atoms with Gasteiger partial charge in [-0.25, -0.2) is 4.79 Å². The van der Waals surface area contributed by atoms with Crippen LogP contribution >= 0.6 is 0 Å². The molecule has 0 aliphatic rings. The molecular formula is C19H20N4O2. The summed E-state index contributed by atoms with van der Waals surface area (Å²) in [5.41, 5.74) is 3.53. The van der Waals surface area contributed by atoms with Crippen molar-refractivity contribution in [2.24, 2.45) is 0 Å². The third-order valence-corrected chi connectivity index (χ3v) is 3.74. The fourth-order valence-corrected chi connectivity index (χ4v) is 2.38. The van der Waals surface area contributed by atoms with Crippen molar-refractivity contribution in [3.63, 3.8) is 0 Å². The molecule has 6 nitrogen and oxygen atoms in total. The van der Waals surface area contributed by atoms with E-state index in [0.717, 1.165) is 23.1 Å². The Labute approximate surface area is 146 Å². The van der Waals surface area contributed by atoms with Gasteiger partial charge in [-0.15, -0.1) is 0 Å². The molecule has 3 rings (SSSR count). The van der Waals surface area contributed by atoms with E-state index in [9.17, 15) is 4.79 Å². The van der Waals surface area contributed by atoms with E-state index in [4.69, 9.17) is 4.52 Å². The third-order valence-electron chi connectivity index (χ3n) is 3.74. The zero-order valence-corrected chi connectivity index (χ0v) is 14.2. The summed E-state index contributed by atoms with van der Waals surface area (Å²) in [5, 5.41) is 9.59. The molecule has 1 aromatic heterocycles. The Hall–Kier alpha value is -3.15. The lowest BCUT2D eigenvalue weighted by atomic mass is 10.1. The molecule has 0 saturated carbocycles. The second-order valence-corrected chi connectivity index (χ2v) is 5.70. The number of nitrogens with zero attached hydrogens (tertiary/aromatic N) is 2. The Morgan fingerprint density at radius 1 is 1.12 bits per heavy atom. The predicted molar refractivity (Wildman–Crippen MR) is 97.2 cm³/mol. The molecule has 0 radical (unpaired) electrons. The summed E-state index contributed by atoms with van der Waals surface area (Å²) in [5.74, 6) is 1.01. The number of urea groups is 1. The quantitative estimate of drug-likeness (QED) is 0.730. The first-order valence-corrected chi connectivity index (χ1v) is 8.22. The molecule has 0 unspecified atom stereocenters. The van der Waals surface area contributed by atoms with Gasteiger partial charge in [0.15, 0.2) is 0 Å². The minimum Gasteiger partial charge on any atom is -0.338 e. The molecule has 128 valence electrons. The summed E-state index contributed by atoms with van der Waals surface area (Å²) >= 11 is 0. The fraction of sp³-hybridized carbons (Fsp3) is 0.211. The summed E-state index contributed by atoms with van der Waals surface area (Å²) < 4.78 is 5.38. The van der Waals surface area contributed by atoms with Crippen molar-refractivity contribution in [1.29, 1.82) is 0 Å². The lowest BCUT2D eigenvalue weighted by molar-refractivity contribution is 0.252. The first-order valence-electron chi connectivity index (χ1n) is 8.22. The molecule has 0 bridgehead atoms. The van der Waals surface area contributed by atoms with Crippen LogP contribution in [0.3, 0.4) is 0 Å². The van der Waals surface area contributed by atoms with Crippen LogP contribution in [0.25, 0.3) is 22.8 Å². The predicted octanol–water partition coefficient (Wildman–Crippen LogP) is 4.24. The number of benzene rings is 2. The highest BCUT2D eigenvalue weighted by molar-refractivity contribution is 5.89. The summed E-state index contributed by atoms with van der Waals surface area (Å²) in [4.78, 5) is 16.1. The number of rotatable bonds is 5. The van der Waals surface area contributed by atoms with Crippen LogP contribution in [0.1, 0.15) is 18.9 Å². The maximum atomic E-state index is 11.7. The van der Waals surface area contributed by atoms with Gasteiger partial charge in [0.1, 0.15) is 0 Å². The zero-order valence-electron chi connectivity index (χ0n) is 14.2. The van der Waals surface area contributed by atoms with Crippen molar-refractivity contribution in [2.75, 3.05) is 11.9 Å². The van der Waals surface area contributed by atoms with Gasteiger partial charge in [-0.05, 0) is 49.2 Å². The topological polar surface area (TPSA) is 80.0 Å². The molecule has 2 aromatic carbocycles. The van der Waals surface area contributed by atoms with E-state index in [0.29, 0.717) is 23.9 Å². The third kappa shape index (κ3) is 4.03. The van der Waals surface area contributed by atoms with Gasteiger partial charge < -0.3 is 15.2 Å². The van der Waals surface area contributed by atoms with Gasteiger partial charge in [0.25, 0.3) is 5.89 Å². The second kappa shape index (κ2) is 7.61. The molecule has 3 aromatic rings. The first kappa shape index (κ1) is 16.7. The van der Waals surface area contributed by atoms with E-state index in [1.54, 1.807) is 0 Å². The Bertz CT molecular complexity index is 856. The number of carbonyl (C=O) groups is 1. The number of anilines is 1. The molecule has 2 amide bonds. The highest BCUT2D eigenvalue weighted by atomic mass is 16.5. The zero-order chi connectivity index (χ0) is 17.6. The van der Waals surface area contributed by atoms with Crippen molar-refractivity contribution >= 4 is 11.7 Å². The number of aromatic nitrogens is 2. The molecule has 1 heterocycles. The minimum atomic E-state index is -0.212. The summed E-state index contributed by atoms with van der Waals surface area (Å²) in [7, 11) is 0. The highest BCUT2D eigenvalue weighted by Crippen LogP contribution is 2.25. The van der Waals surface area contributed by atoms with Gasteiger partial charge in [0.05, 0.1) is 0 Å². The Morgan fingerprint density at radius 3 is 2.60 bits per heavy atom. The van der Waals surface area contributed by atoms with Gasteiger partial charge in [-0.1, -0.05) is 30.3 Å². The van der Waals surface area contributed by atoms with Crippen molar-refractivity contribution in [1.82, 2.24) is 15.5 Å². The molecule has 0 fully saturated rings. The maximum Gasteiger partial charge on any atom is 0.319 e. The number of hydrogen-bond donors (Lipinski definition) is 2. The molecule has 0 atom stereocenters. The van der Waals surface area contributed by atoms with Gasteiger partial charge in [-0.2, -0.15) is 4.98 Å². The molecule has 0 saturated heterocycles. The van der Waals surface area contributed by atoms with Crippen LogP contribution in [-0.2, 0) is 0 Å². The number of hydrogen-bond acceptors (Lipinski definition) is 4. The summed E-state index contributed by atoms with van der Waals surface area (Å²) in [6.45, 7) is 4.66. The maximum absolute atomic E-state index is 11.7. The number of nitrogens with one attached hydrogen (secondary N) is 2. The summed E-state index contributed by atoms with van der Waals surface area (Å²) in [6, 6.07) is 15.0. The lowest BCUT2D eigenvalue weighted by Gasteiger charge is -2.06. The number of amides is 2. The van der Waals surface area contributed by atoms with Gasteiger partial charge >= 0.3 is 6.03 Å². The normalized spacial score (nSPS) is 10.5. The van der Waals surface area contributed by atoms with E-state index in [2.05, 4.69) is 20.8 Å². The van der Waals surface area contributed by atoms with E-state index >= 15 is 0 Å². The van der Waals surface area contributed by atoms with Crippen molar-refractivity contribution in [3.05, 3.63) is 54.1 Å². The van der Waals surface area contributed by atoms with Gasteiger partial charge in [-0.3, -0.25) is 0 Å². The van der Waals surface area contributed by atoms with Crippen LogP contribution in [0.2, 0.25) is 0 Å². The molecule has 2 N–H and O–H groups in total.